The number of ether oxygens (including phenoxy) is 1. The third-order valence-corrected chi connectivity index (χ3v) is 8.81. The number of carbonyl (C=O) groups excluding carboxylic acids is 2. The molecule has 2 saturated heterocycles. The number of benzene rings is 2. The number of aromatic nitrogens is 1. The standard InChI is InChI=1S/C26H26F3N5O5S/c27-26(28,29)19-6-8-20(9-7-19)31-25(36)33-11-12-34(21(17-33)24(35)32-13-15-39-16-14-32)40(37,38)22-5-1-3-18-4-2-10-30-23(18)22/h1-10,21H,11-17H2,(H,31,36). The highest BCUT2D eigenvalue weighted by atomic mass is 32.2. The molecule has 2 aromatic carbocycles. The number of rotatable bonds is 4. The molecule has 0 saturated carbocycles. The molecule has 1 aromatic heterocycles. The minimum atomic E-state index is -4.52. The van der Waals surface area contributed by atoms with Gasteiger partial charge in [-0.05, 0) is 36.4 Å². The van der Waals surface area contributed by atoms with Crippen molar-refractivity contribution in [1.29, 1.82) is 0 Å². The molecule has 3 amide bonds. The van der Waals surface area contributed by atoms with Crippen LogP contribution in [0.15, 0.2) is 65.7 Å². The van der Waals surface area contributed by atoms with Gasteiger partial charge in [0, 0.05) is 50.0 Å². The van der Waals surface area contributed by atoms with Gasteiger partial charge in [-0.3, -0.25) is 9.78 Å². The minimum Gasteiger partial charge on any atom is -0.378 e. The lowest BCUT2D eigenvalue weighted by atomic mass is 10.1. The fraction of sp³-hybridized carbons (Fsp3) is 0.346. The number of hydrogen-bond donors (Lipinski definition) is 1. The zero-order chi connectivity index (χ0) is 28.5. The van der Waals surface area contributed by atoms with E-state index in [1.807, 2.05) is 0 Å². The highest BCUT2D eigenvalue weighted by Crippen LogP contribution is 2.31. The molecule has 3 aromatic rings. The topological polar surface area (TPSA) is 112 Å². The SMILES string of the molecule is O=C(Nc1ccc(C(F)(F)F)cc1)N1CCN(S(=O)(=O)c2cccc3cccnc23)C(C(=O)N2CCOCC2)C1. The van der Waals surface area contributed by atoms with Crippen molar-refractivity contribution in [1.82, 2.24) is 19.1 Å². The molecule has 1 atom stereocenters. The summed E-state index contributed by atoms with van der Waals surface area (Å²) in [4.78, 5) is 33.7. The van der Waals surface area contributed by atoms with Crippen molar-refractivity contribution in [2.75, 3.05) is 51.3 Å². The van der Waals surface area contributed by atoms with Crippen LogP contribution in [0.2, 0.25) is 0 Å². The number of halogens is 3. The molecule has 212 valence electrons. The quantitative estimate of drug-likeness (QED) is 0.511. The summed E-state index contributed by atoms with van der Waals surface area (Å²) in [6.07, 6.45) is -3.03. The normalized spacial score (nSPS) is 19.0. The number of nitrogens with one attached hydrogen (secondary N) is 1. The maximum absolute atomic E-state index is 14.0. The van der Waals surface area contributed by atoms with E-state index in [2.05, 4.69) is 10.3 Å². The number of alkyl halides is 3. The fourth-order valence-electron chi connectivity index (χ4n) is 4.79. The van der Waals surface area contributed by atoms with Crippen LogP contribution in [-0.2, 0) is 25.7 Å². The minimum absolute atomic E-state index is 0.0449. The number of urea groups is 1. The van der Waals surface area contributed by atoms with E-state index in [0.717, 1.165) is 28.6 Å². The van der Waals surface area contributed by atoms with Gasteiger partial charge in [-0.1, -0.05) is 18.2 Å². The average Bonchev–Trinajstić information content (AvgIpc) is 2.96. The van der Waals surface area contributed by atoms with Crippen molar-refractivity contribution in [2.45, 2.75) is 17.1 Å². The second-order valence-corrected chi connectivity index (χ2v) is 11.2. The Morgan fingerprint density at radius 3 is 2.33 bits per heavy atom. The first kappa shape index (κ1) is 27.8. The second kappa shape index (κ2) is 11.0. The van der Waals surface area contributed by atoms with Crippen molar-refractivity contribution in [3.8, 4) is 0 Å². The van der Waals surface area contributed by atoms with Crippen LogP contribution in [0.5, 0.6) is 0 Å². The summed E-state index contributed by atoms with van der Waals surface area (Å²) >= 11 is 0. The van der Waals surface area contributed by atoms with Crippen LogP contribution >= 0.6 is 0 Å². The van der Waals surface area contributed by atoms with Crippen molar-refractivity contribution < 1.29 is 35.9 Å². The predicted molar refractivity (Wildman–Crippen MR) is 139 cm³/mol. The number of pyridine rings is 1. The van der Waals surface area contributed by atoms with Gasteiger partial charge in [-0.2, -0.15) is 17.5 Å². The first-order valence-electron chi connectivity index (χ1n) is 12.5. The average molecular weight is 578 g/mol. The Labute approximate surface area is 228 Å². The Hall–Kier alpha value is -3.75. The Morgan fingerprint density at radius 2 is 1.62 bits per heavy atom. The Morgan fingerprint density at radius 1 is 0.925 bits per heavy atom. The maximum Gasteiger partial charge on any atom is 0.416 e. The van der Waals surface area contributed by atoms with E-state index >= 15 is 0 Å². The zero-order valence-electron chi connectivity index (χ0n) is 21.2. The van der Waals surface area contributed by atoms with E-state index in [4.69, 9.17) is 4.74 Å². The van der Waals surface area contributed by atoms with Crippen molar-refractivity contribution in [3.05, 3.63) is 66.4 Å². The van der Waals surface area contributed by atoms with Crippen LogP contribution in [-0.4, -0.2) is 91.4 Å². The van der Waals surface area contributed by atoms with Gasteiger partial charge in [-0.25, -0.2) is 13.2 Å². The first-order chi connectivity index (χ1) is 19.1. The molecule has 10 nitrogen and oxygen atoms in total. The van der Waals surface area contributed by atoms with Gasteiger partial charge in [0.2, 0.25) is 15.9 Å². The van der Waals surface area contributed by atoms with Gasteiger partial charge in [-0.15, -0.1) is 0 Å². The summed E-state index contributed by atoms with van der Waals surface area (Å²) in [5.41, 5.74) is -0.459. The number of anilines is 1. The Balaban J connectivity index is 1.41. The lowest BCUT2D eigenvalue weighted by Crippen LogP contribution is -2.63. The van der Waals surface area contributed by atoms with Crippen LogP contribution in [0.3, 0.4) is 0 Å². The van der Waals surface area contributed by atoms with E-state index in [-0.39, 0.29) is 48.8 Å². The number of para-hydroxylation sites is 1. The smallest absolute Gasteiger partial charge is 0.378 e. The molecule has 0 aliphatic carbocycles. The van der Waals surface area contributed by atoms with Crippen LogP contribution in [0.25, 0.3) is 10.9 Å². The molecule has 2 aliphatic rings. The number of piperazine rings is 1. The molecular formula is C26H26F3N5O5S. The van der Waals surface area contributed by atoms with Gasteiger partial charge in [0.25, 0.3) is 0 Å². The second-order valence-electron chi connectivity index (χ2n) is 9.35. The molecule has 3 heterocycles. The third kappa shape index (κ3) is 5.60. The molecule has 5 rings (SSSR count). The predicted octanol–water partition coefficient (Wildman–Crippen LogP) is 3.02. The number of amides is 3. The number of hydrogen-bond acceptors (Lipinski definition) is 6. The lowest BCUT2D eigenvalue weighted by molar-refractivity contribution is -0.140. The summed E-state index contributed by atoms with van der Waals surface area (Å²) in [6, 6.07) is 10.3. The van der Waals surface area contributed by atoms with Crippen molar-refractivity contribution in [2.24, 2.45) is 0 Å². The van der Waals surface area contributed by atoms with Crippen LogP contribution in [0, 0.1) is 0 Å². The van der Waals surface area contributed by atoms with Crippen molar-refractivity contribution >= 4 is 38.6 Å². The van der Waals surface area contributed by atoms with Gasteiger partial charge < -0.3 is 19.9 Å². The summed E-state index contributed by atoms with van der Waals surface area (Å²) < 4.78 is 73.0. The summed E-state index contributed by atoms with van der Waals surface area (Å²) in [7, 11) is -4.22. The number of fused-ring (bicyclic) bond motifs is 1. The lowest BCUT2D eigenvalue weighted by Gasteiger charge is -2.42. The number of morpholine rings is 1. The number of sulfonamides is 1. The van der Waals surface area contributed by atoms with Gasteiger partial charge in [0.1, 0.15) is 10.9 Å². The molecule has 2 aliphatic heterocycles. The van der Waals surface area contributed by atoms with E-state index < -0.39 is 39.7 Å². The molecule has 0 radical (unpaired) electrons. The van der Waals surface area contributed by atoms with E-state index in [1.165, 1.54) is 22.1 Å². The number of carbonyl (C=O) groups is 2. The molecule has 1 unspecified atom stereocenters. The summed E-state index contributed by atoms with van der Waals surface area (Å²) in [5.74, 6) is -0.466. The Kier molecular flexibility index (Phi) is 7.66. The molecule has 40 heavy (non-hydrogen) atoms. The van der Waals surface area contributed by atoms with Gasteiger partial charge in [0.15, 0.2) is 0 Å². The largest absolute Gasteiger partial charge is 0.416 e. The summed E-state index contributed by atoms with van der Waals surface area (Å²) in [5, 5.41) is 3.16. The third-order valence-electron chi connectivity index (χ3n) is 6.87. The first-order valence-corrected chi connectivity index (χ1v) is 13.9. The monoisotopic (exact) mass is 577 g/mol. The molecule has 0 bridgehead atoms. The Bertz CT molecular complexity index is 1510. The van der Waals surface area contributed by atoms with E-state index in [1.54, 1.807) is 24.3 Å². The molecule has 14 heteroatoms. The van der Waals surface area contributed by atoms with E-state index in [0.29, 0.717) is 18.6 Å². The fourth-order valence-corrected chi connectivity index (χ4v) is 6.52. The maximum atomic E-state index is 14.0. The molecule has 2 fully saturated rings. The van der Waals surface area contributed by atoms with Gasteiger partial charge >= 0.3 is 12.2 Å². The van der Waals surface area contributed by atoms with E-state index in [9.17, 15) is 31.2 Å². The van der Waals surface area contributed by atoms with Crippen LogP contribution in [0.4, 0.5) is 23.7 Å². The zero-order valence-corrected chi connectivity index (χ0v) is 22.0. The van der Waals surface area contributed by atoms with Crippen LogP contribution < -0.4 is 5.32 Å². The van der Waals surface area contributed by atoms with Crippen molar-refractivity contribution in [3.63, 3.8) is 0 Å². The highest BCUT2D eigenvalue weighted by Gasteiger charge is 2.43. The molecule has 0 spiro atoms. The van der Waals surface area contributed by atoms with Crippen LogP contribution in [0.1, 0.15) is 5.56 Å². The highest BCUT2D eigenvalue weighted by molar-refractivity contribution is 7.89. The molecule has 1 N–H and O–H groups in total. The molecular weight excluding hydrogens is 551 g/mol. The van der Waals surface area contributed by atoms with Gasteiger partial charge in [0.05, 0.1) is 24.3 Å². The summed E-state index contributed by atoms with van der Waals surface area (Å²) in [6.45, 7) is 0.685. The number of nitrogens with zero attached hydrogens (tertiary/aromatic N) is 4.